The Morgan fingerprint density at radius 3 is 2.20 bits per heavy atom. The van der Waals surface area contributed by atoms with Crippen LogP contribution in [0.3, 0.4) is 0 Å². The SMILES string of the molecule is CC(C)S(=O)(=O)c1ccc(C(=O)Nc2cccc3ccccc23)cc1. The Balaban J connectivity index is 1.87. The maximum Gasteiger partial charge on any atom is 0.255 e. The van der Waals surface area contributed by atoms with Crippen molar-refractivity contribution in [2.45, 2.75) is 24.0 Å². The summed E-state index contributed by atoms with van der Waals surface area (Å²) in [5.74, 6) is -0.273. The van der Waals surface area contributed by atoms with Crippen molar-refractivity contribution in [3.63, 3.8) is 0 Å². The molecule has 0 unspecified atom stereocenters. The smallest absolute Gasteiger partial charge is 0.255 e. The van der Waals surface area contributed by atoms with Crippen molar-refractivity contribution in [3.8, 4) is 0 Å². The monoisotopic (exact) mass is 353 g/mol. The molecule has 0 saturated carbocycles. The van der Waals surface area contributed by atoms with Crippen LogP contribution in [0.5, 0.6) is 0 Å². The van der Waals surface area contributed by atoms with Gasteiger partial charge in [0.15, 0.2) is 9.84 Å². The number of benzene rings is 3. The van der Waals surface area contributed by atoms with Gasteiger partial charge >= 0.3 is 0 Å². The summed E-state index contributed by atoms with van der Waals surface area (Å²) in [4.78, 5) is 12.7. The van der Waals surface area contributed by atoms with Gasteiger partial charge in [0.05, 0.1) is 10.1 Å². The zero-order valence-corrected chi connectivity index (χ0v) is 14.9. The van der Waals surface area contributed by atoms with Crippen molar-refractivity contribution >= 4 is 32.2 Å². The Morgan fingerprint density at radius 1 is 0.880 bits per heavy atom. The largest absolute Gasteiger partial charge is 0.321 e. The number of amides is 1. The first-order valence-corrected chi connectivity index (χ1v) is 9.57. The summed E-state index contributed by atoms with van der Waals surface area (Å²) in [6.07, 6.45) is 0. The van der Waals surface area contributed by atoms with E-state index in [1.807, 2.05) is 42.5 Å². The first-order chi connectivity index (χ1) is 11.9. The highest BCUT2D eigenvalue weighted by molar-refractivity contribution is 7.92. The second-order valence-corrected chi connectivity index (χ2v) is 8.60. The molecule has 4 nitrogen and oxygen atoms in total. The van der Waals surface area contributed by atoms with Gasteiger partial charge in [-0.05, 0) is 49.6 Å². The molecular formula is C20H19NO3S. The highest BCUT2D eigenvalue weighted by Gasteiger charge is 2.19. The molecule has 0 bridgehead atoms. The highest BCUT2D eigenvalue weighted by atomic mass is 32.2. The van der Waals surface area contributed by atoms with Gasteiger partial charge in [-0.3, -0.25) is 4.79 Å². The summed E-state index contributed by atoms with van der Waals surface area (Å²) >= 11 is 0. The van der Waals surface area contributed by atoms with E-state index in [0.29, 0.717) is 5.56 Å². The predicted molar refractivity (Wildman–Crippen MR) is 101 cm³/mol. The zero-order chi connectivity index (χ0) is 18.0. The fourth-order valence-electron chi connectivity index (χ4n) is 2.60. The maximum absolute atomic E-state index is 12.5. The predicted octanol–water partition coefficient (Wildman–Crippen LogP) is 4.27. The van der Waals surface area contributed by atoms with Crippen LogP contribution in [0.15, 0.2) is 71.6 Å². The Kier molecular flexibility index (Phi) is 4.59. The molecule has 0 saturated heterocycles. The molecule has 3 aromatic rings. The topological polar surface area (TPSA) is 63.2 Å². The lowest BCUT2D eigenvalue weighted by atomic mass is 10.1. The molecule has 3 rings (SSSR count). The second kappa shape index (κ2) is 6.69. The summed E-state index contributed by atoms with van der Waals surface area (Å²) in [7, 11) is -3.34. The van der Waals surface area contributed by atoms with Crippen molar-refractivity contribution in [1.82, 2.24) is 0 Å². The van der Waals surface area contributed by atoms with E-state index in [1.165, 1.54) is 24.3 Å². The molecule has 0 aromatic heterocycles. The van der Waals surface area contributed by atoms with E-state index in [0.717, 1.165) is 16.5 Å². The number of carbonyl (C=O) groups excluding carboxylic acids is 1. The molecule has 0 fully saturated rings. The molecular weight excluding hydrogens is 334 g/mol. The van der Waals surface area contributed by atoms with E-state index in [9.17, 15) is 13.2 Å². The van der Waals surface area contributed by atoms with Gasteiger partial charge in [-0.25, -0.2) is 8.42 Å². The molecule has 5 heteroatoms. The summed E-state index contributed by atoms with van der Waals surface area (Å²) in [5.41, 5.74) is 1.14. The van der Waals surface area contributed by atoms with Gasteiger partial charge in [0.2, 0.25) is 0 Å². The van der Waals surface area contributed by atoms with Gasteiger partial charge in [0.25, 0.3) is 5.91 Å². The zero-order valence-electron chi connectivity index (χ0n) is 14.1. The van der Waals surface area contributed by atoms with Gasteiger partial charge in [-0.1, -0.05) is 36.4 Å². The average Bonchev–Trinajstić information content (AvgIpc) is 2.62. The molecule has 0 radical (unpaired) electrons. The number of fused-ring (bicyclic) bond motifs is 1. The van der Waals surface area contributed by atoms with Crippen molar-refractivity contribution in [2.75, 3.05) is 5.32 Å². The van der Waals surface area contributed by atoms with Gasteiger partial charge in [-0.2, -0.15) is 0 Å². The fraction of sp³-hybridized carbons (Fsp3) is 0.150. The van der Waals surface area contributed by atoms with Crippen LogP contribution < -0.4 is 5.32 Å². The average molecular weight is 353 g/mol. The van der Waals surface area contributed by atoms with Crippen molar-refractivity contribution in [1.29, 1.82) is 0 Å². The quantitative estimate of drug-likeness (QED) is 0.762. The van der Waals surface area contributed by atoms with Crippen molar-refractivity contribution < 1.29 is 13.2 Å². The van der Waals surface area contributed by atoms with Crippen LogP contribution in [0, 0.1) is 0 Å². The number of hydrogen-bond donors (Lipinski definition) is 1. The summed E-state index contributed by atoms with van der Waals surface area (Å²) < 4.78 is 24.3. The minimum atomic E-state index is -3.34. The minimum absolute atomic E-state index is 0.226. The molecule has 128 valence electrons. The molecule has 25 heavy (non-hydrogen) atoms. The third-order valence-electron chi connectivity index (χ3n) is 4.10. The third-order valence-corrected chi connectivity index (χ3v) is 6.27. The van der Waals surface area contributed by atoms with Gasteiger partial charge in [-0.15, -0.1) is 0 Å². The normalized spacial score (nSPS) is 11.6. The Bertz CT molecular complexity index is 1020. The molecule has 1 N–H and O–H groups in total. The van der Waals surface area contributed by atoms with Crippen LogP contribution in [-0.4, -0.2) is 19.6 Å². The van der Waals surface area contributed by atoms with E-state index >= 15 is 0 Å². The maximum atomic E-state index is 12.5. The van der Waals surface area contributed by atoms with Gasteiger partial charge in [0, 0.05) is 16.6 Å². The van der Waals surface area contributed by atoms with Crippen LogP contribution >= 0.6 is 0 Å². The second-order valence-electron chi connectivity index (χ2n) is 6.10. The molecule has 0 aliphatic heterocycles. The number of anilines is 1. The van der Waals surface area contributed by atoms with E-state index in [1.54, 1.807) is 13.8 Å². The lowest BCUT2D eigenvalue weighted by Gasteiger charge is -2.10. The number of hydrogen-bond acceptors (Lipinski definition) is 3. The summed E-state index contributed by atoms with van der Waals surface area (Å²) in [6.45, 7) is 3.27. The minimum Gasteiger partial charge on any atom is -0.321 e. The lowest BCUT2D eigenvalue weighted by Crippen LogP contribution is -2.15. The first kappa shape index (κ1) is 17.2. The van der Waals surface area contributed by atoms with Crippen LogP contribution in [0.1, 0.15) is 24.2 Å². The molecule has 0 heterocycles. The molecule has 3 aromatic carbocycles. The van der Waals surface area contributed by atoms with Crippen LogP contribution in [-0.2, 0) is 9.84 Å². The molecule has 0 spiro atoms. The standard InChI is InChI=1S/C20H19NO3S/c1-14(2)25(23,24)17-12-10-16(11-13-17)20(22)21-19-9-5-7-15-6-3-4-8-18(15)19/h3-14H,1-2H3,(H,21,22). The highest BCUT2D eigenvalue weighted by Crippen LogP contribution is 2.24. The number of nitrogens with one attached hydrogen (secondary N) is 1. The number of sulfone groups is 1. The Morgan fingerprint density at radius 2 is 1.52 bits per heavy atom. The van der Waals surface area contributed by atoms with E-state index in [4.69, 9.17) is 0 Å². The number of rotatable bonds is 4. The van der Waals surface area contributed by atoms with Crippen molar-refractivity contribution in [2.24, 2.45) is 0 Å². The third kappa shape index (κ3) is 3.42. The molecule has 0 aliphatic carbocycles. The van der Waals surface area contributed by atoms with Crippen LogP contribution in [0.4, 0.5) is 5.69 Å². The van der Waals surface area contributed by atoms with E-state index in [2.05, 4.69) is 5.32 Å². The Hall–Kier alpha value is -2.66. The molecule has 1 amide bonds. The number of carbonyl (C=O) groups is 1. The summed E-state index contributed by atoms with van der Waals surface area (Å²) in [6, 6.07) is 19.5. The summed E-state index contributed by atoms with van der Waals surface area (Å²) in [5, 5.41) is 4.39. The van der Waals surface area contributed by atoms with E-state index in [-0.39, 0.29) is 10.8 Å². The van der Waals surface area contributed by atoms with Gasteiger partial charge in [0.1, 0.15) is 0 Å². The first-order valence-electron chi connectivity index (χ1n) is 8.02. The Labute approximate surface area is 147 Å². The van der Waals surface area contributed by atoms with Crippen LogP contribution in [0.2, 0.25) is 0 Å². The fourth-order valence-corrected chi connectivity index (χ4v) is 3.66. The van der Waals surface area contributed by atoms with Gasteiger partial charge < -0.3 is 5.32 Å². The molecule has 0 atom stereocenters. The molecule has 0 aliphatic rings. The lowest BCUT2D eigenvalue weighted by molar-refractivity contribution is 0.102. The van der Waals surface area contributed by atoms with Crippen molar-refractivity contribution in [3.05, 3.63) is 72.3 Å². The van der Waals surface area contributed by atoms with E-state index < -0.39 is 15.1 Å². The van der Waals surface area contributed by atoms with Crippen LogP contribution in [0.25, 0.3) is 10.8 Å².